The molecule has 0 atom stereocenters. The Bertz CT molecular complexity index is 235. The van der Waals surface area contributed by atoms with E-state index < -0.39 is 5.51 Å². The predicted octanol–water partition coefficient (Wildman–Crippen LogP) is 4.56. The Labute approximate surface area is 112 Å². The maximum Gasteiger partial charge on any atom is 0.441 e. The number of nitrogens with two attached hydrogens (primary N) is 1. The molecule has 1 aliphatic carbocycles. The van der Waals surface area contributed by atoms with Crippen LogP contribution in [0.1, 0.15) is 51.9 Å². The quantitative estimate of drug-likeness (QED) is 0.773. The van der Waals surface area contributed by atoms with Crippen molar-refractivity contribution in [3.63, 3.8) is 0 Å². The Hall–Kier alpha value is 0.100. The summed E-state index contributed by atoms with van der Waals surface area (Å²) in [5, 5.41) is 0. The summed E-state index contributed by atoms with van der Waals surface area (Å²) in [6.07, 6.45) is 7.34. The van der Waals surface area contributed by atoms with E-state index in [9.17, 15) is 13.2 Å². The Balaban J connectivity index is 2.36. The van der Waals surface area contributed by atoms with Gasteiger partial charge in [0.25, 0.3) is 0 Å². The highest BCUT2D eigenvalue weighted by molar-refractivity contribution is 8.00. The van der Waals surface area contributed by atoms with Crippen molar-refractivity contribution in [3.05, 3.63) is 0 Å². The van der Waals surface area contributed by atoms with Crippen LogP contribution >= 0.6 is 11.8 Å². The summed E-state index contributed by atoms with van der Waals surface area (Å²) in [6, 6.07) is 0. The van der Waals surface area contributed by atoms with E-state index in [-0.39, 0.29) is 22.9 Å². The normalized spacial score (nSPS) is 29.5. The molecule has 1 aliphatic rings. The molecule has 18 heavy (non-hydrogen) atoms. The van der Waals surface area contributed by atoms with E-state index in [4.69, 9.17) is 5.73 Å². The van der Waals surface area contributed by atoms with E-state index in [1.165, 1.54) is 12.8 Å². The minimum absolute atomic E-state index is 0.0253. The van der Waals surface area contributed by atoms with Crippen LogP contribution in [0.5, 0.6) is 0 Å². The van der Waals surface area contributed by atoms with Crippen molar-refractivity contribution in [1.82, 2.24) is 0 Å². The summed E-state index contributed by atoms with van der Waals surface area (Å²) in [5.74, 6) is 0.920. The highest BCUT2D eigenvalue weighted by atomic mass is 32.2. The summed E-state index contributed by atoms with van der Waals surface area (Å²) in [7, 11) is 0. The van der Waals surface area contributed by atoms with Crippen LogP contribution < -0.4 is 5.73 Å². The number of alkyl halides is 3. The van der Waals surface area contributed by atoms with Crippen molar-refractivity contribution in [3.8, 4) is 0 Å². The molecule has 0 radical (unpaired) electrons. The van der Waals surface area contributed by atoms with E-state index in [0.29, 0.717) is 13.0 Å². The molecule has 0 aromatic heterocycles. The first kappa shape index (κ1) is 16.2. The van der Waals surface area contributed by atoms with Crippen molar-refractivity contribution in [2.24, 2.45) is 17.1 Å². The lowest BCUT2D eigenvalue weighted by molar-refractivity contribution is -0.0329. The molecule has 0 saturated heterocycles. The van der Waals surface area contributed by atoms with Gasteiger partial charge in [0.2, 0.25) is 0 Å². The van der Waals surface area contributed by atoms with Crippen LogP contribution in [0.2, 0.25) is 0 Å². The van der Waals surface area contributed by atoms with Crippen molar-refractivity contribution < 1.29 is 13.2 Å². The van der Waals surface area contributed by atoms with Crippen molar-refractivity contribution in [1.29, 1.82) is 0 Å². The van der Waals surface area contributed by atoms with Gasteiger partial charge in [-0.15, -0.1) is 0 Å². The summed E-state index contributed by atoms with van der Waals surface area (Å²) >= 11 is 0.0966. The minimum Gasteiger partial charge on any atom is -0.330 e. The zero-order chi connectivity index (χ0) is 13.6. The fourth-order valence-corrected chi connectivity index (χ4v) is 3.69. The maximum absolute atomic E-state index is 12.1. The molecule has 0 heterocycles. The van der Waals surface area contributed by atoms with E-state index in [1.54, 1.807) is 0 Å². The van der Waals surface area contributed by atoms with Gasteiger partial charge < -0.3 is 5.73 Å². The van der Waals surface area contributed by atoms with Crippen LogP contribution in [-0.4, -0.2) is 17.8 Å². The van der Waals surface area contributed by atoms with Crippen LogP contribution in [0.15, 0.2) is 0 Å². The molecule has 1 saturated carbocycles. The number of hydrogen-bond acceptors (Lipinski definition) is 2. The van der Waals surface area contributed by atoms with Crippen molar-refractivity contribution in [2.45, 2.75) is 57.4 Å². The molecule has 1 fully saturated rings. The van der Waals surface area contributed by atoms with Gasteiger partial charge in [0.15, 0.2) is 0 Å². The second-order valence-electron chi connectivity index (χ2n) is 5.48. The molecule has 0 spiro atoms. The predicted molar refractivity (Wildman–Crippen MR) is 71.5 cm³/mol. The van der Waals surface area contributed by atoms with E-state index in [2.05, 4.69) is 6.92 Å². The first-order chi connectivity index (χ1) is 8.41. The number of hydrogen-bond donors (Lipinski definition) is 1. The third-order valence-electron chi connectivity index (χ3n) is 4.19. The molecule has 1 rings (SSSR count). The average Bonchev–Trinajstić information content (AvgIpc) is 2.30. The van der Waals surface area contributed by atoms with Gasteiger partial charge in [0.05, 0.1) is 0 Å². The summed E-state index contributed by atoms with van der Waals surface area (Å²) < 4.78 is 36.4. The number of halogens is 3. The monoisotopic (exact) mass is 283 g/mol. The molecule has 0 aromatic carbocycles. The van der Waals surface area contributed by atoms with E-state index >= 15 is 0 Å². The molecular weight excluding hydrogens is 259 g/mol. The van der Waals surface area contributed by atoms with Crippen LogP contribution in [-0.2, 0) is 0 Å². The highest BCUT2D eigenvalue weighted by Crippen LogP contribution is 2.44. The molecule has 0 unspecified atom stereocenters. The molecule has 0 amide bonds. The molecule has 0 aromatic rings. The third-order valence-corrected chi connectivity index (χ3v) is 4.93. The van der Waals surface area contributed by atoms with Gasteiger partial charge >= 0.3 is 5.51 Å². The summed E-state index contributed by atoms with van der Waals surface area (Å²) in [5.41, 5.74) is 1.69. The first-order valence-corrected chi connectivity index (χ1v) is 7.80. The topological polar surface area (TPSA) is 26.0 Å². The fourth-order valence-electron chi connectivity index (χ4n) is 2.93. The fraction of sp³-hybridized carbons (Fsp3) is 1.00. The maximum atomic E-state index is 12.1. The molecule has 0 aliphatic heterocycles. The summed E-state index contributed by atoms with van der Waals surface area (Å²) in [6.45, 7) is 2.72. The third kappa shape index (κ3) is 5.39. The van der Waals surface area contributed by atoms with Gasteiger partial charge in [0, 0.05) is 5.75 Å². The van der Waals surface area contributed by atoms with Crippen molar-refractivity contribution in [2.75, 3.05) is 12.3 Å². The zero-order valence-corrected chi connectivity index (χ0v) is 11.9. The van der Waals surface area contributed by atoms with Crippen LogP contribution in [0, 0.1) is 11.3 Å². The second-order valence-corrected chi connectivity index (χ2v) is 6.64. The molecule has 5 heteroatoms. The molecule has 0 bridgehead atoms. The van der Waals surface area contributed by atoms with Gasteiger partial charge in [-0.05, 0) is 50.0 Å². The van der Waals surface area contributed by atoms with Crippen LogP contribution in [0.3, 0.4) is 0 Å². The number of thioether (sulfide) groups is 1. The Kier molecular flexibility index (Phi) is 6.31. The lowest BCUT2D eigenvalue weighted by Crippen LogP contribution is -2.35. The van der Waals surface area contributed by atoms with Gasteiger partial charge in [-0.2, -0.15) is 13.2 Å². The average molecular weight is 283 g/mol. The Morgan fingerprint density at radius 1 is 1.28 bits per heavy atom. The Morgan fingerprint density at radius 3 is 2.33 bits per heavy atom. The van der Waals surface area contributed by atoms with E-state index in [1.807, 2.05) is 0 Å². The van der Waals surface area contributed by atoms with Crippen LogP contribution in [0.25, 0.3) is 0 Å². The smallest absolute Gasteiger partial charge is 0.330 e. The first-order valence-electron chi connectivity index (χ1n) is 6.81. The molecular formula is C13H24F3NS. The lowest BCUT2D eigenvalue weighted by Gasteiger charge is -2.39. The second kappa shape index (κ2) is 7.04. The van der Waals surface area contributed by atoms with Gasteiger partial charge in [-0.1, -0.05) is 31.5 Å². The Morgan fingerprint density at radius 2 is 1.89 bits per heavy atom. The minimum atomic E-state index is -4.10. The van der Waals surface area contributed by atoms with E-state index in [0.717, 1.165) is 31.6 Å². The SMILES string of the molecule is CCCC1CCC(CN)(CCSC(F)(F)F)CC1. The zero-order valence-electron chi connectivity index (χ0n) is 11.1. The van der Waals surface area contributed by atoms with Crippen molar-refractivity contribution >= 4 is 11.8 Å². The highest BCUT2D eigenvalue weighted by Gasteiger charge is 2.35. The summed E-state index contributed by atoms with van der Waals surface area (Å²) in [4.78, 5) is 0. The molecule has 1 nitrogen and oxygen atoms in total. The number of rotatable bonds is 6. The molecule has 2 N–H and O–H groups in total. The largest absolute Gasteiger partial charge is 0.441 e. The van der Waals surface area contributed by atoms with Gasteiger partial charge in [-0.3, -0.25) is 0 Å². The van der Waals surface area contributed by atoms with Gasteiger partial charge in [-0.25, -0.2) is 0 Å². The van der Waals surface area contributed by atoms with Crippen LogP contribution in [0.4, 0.5) is 13.2 Å². The van der Waals surface area contributed by atoms with Gasteiger partial charge in [0.1, 0.15) is 0 Å². The lowest BCUT2D eigenvalue weighted by atomic mass is 9.68. The molecule has 108 valence electrons. The standard InChI is InChI=1S/C13H24F3NS/c1-2-3-11-4-6-12(10-17,7-5-11)8-9-18-13(14,15)16/h11H,2-10,17H2,1H3.